The summed E-state index contributed by atoms with van der Waals surface area (Å²) in [7, 11) is 1.67. The maximum Gasteiger partial charge on any atom is 0.222 e. The molecular weight excluding hydrogens is 380 g/mol. The topological polar surface area (TPSA) is 91.5 Å². The second kappa shape index (κ2) is 12.9. The molecule has 0 atom stereocenters. The standard InChI is InChI=1S/C23H36N4O3/c1-5-7-8-11-25-22-20(17(3)26-23(24)27-22)15-18-9-10-19(16-21(18)28-4)30-14-13-29-12-6-2/h9-10,16H,5-8,11-15H2,1-4H3,(H3,24,25,26,27). The lowest BCUT2D eigenvalue weighted by Crippen LogP contribution is -2.12. The van der Waals surface area contributed by atoms with E-state index >= 15 is 0 Å². The summed E-state index contributed by atoms with van der Waals surface area (Å²) in [5, 5.41) is 3.43. The number of nitrogens with zero attached hydrogens (tertiary/aromatic N) is 2. The van der Waals surface area contributed by atoms with Gasteiger partial charge in [0.05, 0.1) is 13.7 Å². The van der Waals surface area contributed by atoms with Crippen LogP contribution in [0.4, 0.5) is 11.8 Å². The molecule has 0 unspecified atom stereocenters. The van der Waals surface area contributed by atoms with Gasteiger partial charge in [0.1, 0.15) is 23.9 Å². The monoisotopic (exact) mass is 416 g/mol. The SMILES string of the molecule is CCCCCNc1nc(N)nc(C)c1Cc1ccc(OCCOCCC)cc1OC. The minimum Gasteiger partial charge on any atom is -0.496 e. The highest BCUT2D eigenvalue weighted by molar-refractivity contribution is 5.53. The summed E-state index contributed by atoms with van der Waals surface area (Å²) in [6.07, 6.45) is 5.10. The number of benzene rings is 1. The van der Waals surface area contributed by atoms with Gasteiger partial charge in [-0.15, -0.1) is 0 Å². The Hall–Kier alpha value is -2.54. The molecule has 30 heavy (non-hydrogen) atoms. The Morgan fingerprint density at radius 2 is 1.87 bits per heavy atom. The van der Waals surface area contributed by atoms with Gasteiger partial charge < -0.3 is 25.3 Å². The van der Waals surface area contributed by atoms with Gasteiger partial charge in [0.15, 0.2) is 0 Å². The lowest BCUT2D eigenvalue weighted by atomic mass is 10.0. The van der Waals surface area contributed by atoms with Crippen LogP contribution in [0.25, 0.3) is 0 Å². The average molecular weight is 417 g/mol. The van der Waals surface area contributed by atoms with Crippen molar-refractivity contribution in [2.75, 3.05) is 44.5 Å². The number of unbranched alkanes of at least 4 members (excludes halogenated alkanes) is 2. The van der Waals surface area contributed by atoms with Crippen LogP contribution in [0, 0.1) is 6.92 Å². The van der Waals surface area contributed by atoms with Crippen LogP contribution in [-0.2, 0) is 11.2 Å². The Morgan fingerprint density at radius 3 is 2.60 bits per heavy atom. The number of hydrogen-bond acceptors (Lipinski definition) is 7. The van der Waals surface area contributed by atoms with Crippen molar-refractivity contribution >= 4 is 11.8 Å². The van der Waals surface area contributed by atoms with E-state index in [1.165, 1.54) is 12.8 Å². The zero-order chi connectivity index (χ0) is 21.8. The summed E-state index contributed by atoms with van der Waals surface area (Å²) in [4.78, 5) is 8.80. The Bertz CT molecular complexity index is 783. The molecule has 2 aromatic rings. The number of ether oxygens (including phenoxy) is 3. The largest absolute Gasteiger partial charge is 0.496 e. The van der Waals surface area contributed by atoms with E-state index in [0.29, 0.717) is 19.6 Å². The van der Waals surface area contributed by atoms with E-state index in [4.69, 9.17) is 19.9 Å². The predicted octanol–water partition coefficient (Wildman–Crippen LogP) is 4.37. The molecule has 0 spiro atoms. The highest BCUT2D eigenvalue weighted by Gasteiger charge is 2.14. The molecule has 1 heterocycles. The number of aromatic nitrogens is 2. The molecule has 0 amide bonds. The van der Waals surface area contributed by atoms with Gasteiger partial charge in [-0.05, 0) is 31.4 Å². The number of aryl methyl sites for hydroxylation is 1. The van der Waals surface area contributed by atoms with E-state index in [1.54, 1.807) is 7.11 Å². The Balaban J connectivity index is 2.12. The van der Waals surface area contributed by atoms with E-state index in [1.807, 2.05) is 25.1 Å². The van der Waals surface area contributed by atoms with Crippen LogP contribution in [0.15, 0.2) is 18.2 Å². The smallest absolute Gasteiger partial charge is 0.222 e. The number of methoxy groups -OCH3 is 1. The van der Waals surface area contributed by atoms with Gasteiger partial charge in [0.25, 0.3) is 0 Å². The van der Waals surface area contributed by atoms with Gasteiger partial charge in [-0.2, -0.15) is 4.98 Å². The van der Waals surface area contributed by atoms with Crippen LogP contribution in [-0.4, -0.2) is 43.4 Å². The van der Waals surface area contributed by atoms with Gasteiger partial charge in [0.2, 0.25) is 5.95 Å². The van der Waals surface area contributed by atoms with Crippen LogP contribution < -0.4 is 20.5 Å². The molecule has 0 aliphatic rings. The molecule has 0 aliphatic carbocycles. The van der Waals surface area contributed by atoms with E-state index in [0.717, 1.165) is 60.1 Å². The maximum absolute atomic E-state index is 5.89. The lowest BCUT2D eigenvalue weighted by molar-refractivity contribution is 0.100. The number of rotatable bonds is 14. The summed E-state index contributed by atoms with van der Waals surface area (Å²) >= 11 is 0. The Morgan fingerprint density at radius 1 is 1.03 bits per heavy atom. The van der Waals surface area contributed by atoms with Crippen LogP contribution >= 0.6 is 0 Å². The molecule has 7 nitrogen and oxygen atoms in total. The Kier molecular flexibility index (Phi) is 10.2. The molecule has 0 bridgehead atoms. The number of nitrogens with two attached hydrogens (primary N) is 1. The first kappa shape index (κ1) is 23.7. The maximum atomic E-state index is 5.89. The summed E-state index contributed by atoms with van der Waals surface area (Å²) in [6.45, 7) is 8.95. The Labute approximate surface area is 180 Å². The average Bonchev–Trinajstić information content (AvgIpc) is 2.73. The molecule has 0 aliphatic heterocycles. The normalized spacial score (nSPS) is 10.8. The molecule has 166 valence electrons. The van der Waals surface area contributed by atoms with Crippen molar-refractivity contribution in [3.8, 4) is 11.5 Å². The zero-order valence-corrected chi connectivity index (χ0v) is 18.8. The predicted molar refractivity (Wildman–Crippen MR) is 122 cm³/mol. The van der Waals surface area contributed by atoms with Crippen molar-refractivity contribution in [1.29, 1.82) is 0 Å². The van der Waals surface area contributed by atoms with Crippen LogP contribution in [0.3, 0.4) is 0 Å². The van der Waals surface area contributed by atoms with Crippen molar-refractivity contribution in [3.63, 3.8) is 0 Å². The van der Waals surface area contributed by atoms with E-state index in [9.17, 15) is 0 Å². The van der Waals surface area contributed by atoms with Crippen molar-refractivity contribution in [3.05, 3.63) is 35.0 Å². The lowest BCUT2D eigenvalue weighted by Gasteiger charge is -2.16. The van der Waals surface area contributed by atoms with Crippen LogP contribution in [0.5, 0.6) is 11.5 Å². The quantitative estimate of drug-likeness (QED) is 0.442. The molecule has 2 rings (SSSR count). The molecule has 0 fully saturated rings. The summed E-state index contributed by atoms with van der Waals surface area (Å²) in [6, 6.07) is 5.90. The third-order valence-electron chi connectivity index (χ3n) is 4.77. The van der Waals surface area contributed by atoms with Crippen LogP contribution in [0.1, 0.15) is 56.4 Å². The molecular formula is C23H36N4O3. The molecule has 1 aromatic heterocycles. The molecule has 0 saturated heterocycles. The summed E-state index contributed by atoms with van der Waals surface area (Å²) < 4.78 is 16.9. The summed E-state index contributed by atoms with van der Waals surface area (Å²) in [5.74, 6) is 2.62. The first-order chi connectivity index (χ1) is 14.6. The minimum absolute atomic E-state index is 0.287. The van der Waals surface area contributed by atoms with Crippen molar-refractivity contribution in [1.82, 2.24) is 9.97 Å². The third kappa shape index (κ3) is 7.37. The van der Waals surface area contributed by atoms with Crippen molar-refractivity contribution < 1.29 is 14.2 Å². The second-order valence-corrected chi connectivity index (χ2v) is 7.24. The molecule has 7 heteroatoms. The highest BCUT2D eigenvalue weighted by atomic mass is 16.5. The molecule has 1 aromatic carbocycles. The van der Waals surface area contributed by atoms with Gasteiger partial charge in [-0.3, -0.25) is 0 Å². The number of nitrogen functional groups attached to an aromatic ring is 1. The fraction of sp³-hybridized carbons (Fsp3) is 0.565. The van der Waals surface area contributed by atoms with Crippen molar-refractivity contribution in [2.24, 2.45) is 0 Å². The fourth-order valence-corrected chi connectivity index (χ4v) is 3.17. The minimum atomic E-state index is 0.287. The van der Waals surface area contributed by atoms with E-state index < -0.39 is 0 Å². The fourth-order valence-electron chi connectivity index (χ4n) is 3.17. The second-order valence-electron chi connectivity index (χ2n) is 7.24. The summed E-state index contributed by atoms with van der Waals surface area (Å²) in [5.41, 5.74) is 8.83. The number of hydrogen-bond donors (Lipinski definition) is 2. The number of nitrogens with one attached hydrogen (secondary N) is 1. The van der Waals surface area contributed by atoms with Gasteiger partial charge in [-0.1, -0.05) is 32.8 Å². The first-order valence-electron chi connectivity index (χ1n) is 10.8. The zero-order valence-electron chi connectivity index (χ0n) is 18.8. The van der Waals surface area contributed by atoms with Gasteiger partial charge >= 0.3 is 0 Å². The number of anilines is 2. The van der Waals surface area contributed by atoms with E-state index in [-0.39, 0.29) is 5.95 Å². The van der Waals surface area contributed by atoms with E-state index in [2.05, 4.69) is 29.1 Å². The van der Waals surface area contributed by atoms with Gasteiger partial charge in [0, 0.05) is 36.9 Å². The van der Waals surface area contributed by atoms with Crippen molar-refractivity contribution in [2.45, 2.75) is 52.9 Å². The third-order valence-corrected chi connectivity index (χ3v) is 4.77. The van der Waals surface area contributed by atoms with Crippen LogP contribution in [0.2, 0.25) is 0 Å². The highest BCUT2D eigenvalue weighted by Crippen LogP contribution is 2.29. The molecule has 3 N–H and O–H groups in total. The van der Waals surface area contributed by atoms with Gasteiger partial charge in [-0.25, -0.2) is 4.98 Å². The molecule has 0 saturated carbocycles. The molecule has 0 radical (unpaired) electrons. The first-order valence-corrected chi connectivity index (χ1v) is 10.8.